The summed E-state index contributed by atoms with van der Waals surface area (Å²) in [6.45, 7) is 5.97. The summed E-state index contributed by atoms with van der Waals surface area (Å²) in [7, 11) is 3.76. The van der Waals surface area contributed by atoms with E-state index in [0.717, 1.165) is 48.4 Å². The molecule has 0 radical (unpaired) electrons. The molecule has 0 amide bonds. The highest BCUT2D eigenvalue weighted by Crippen LogP contribution is 2.27. The summed E-state index contributed by atoms with van der Waals surface area (Å²) in [6.07, 6.45) is 2.12. The maximum atomic E-state index is 12.6. The molecule has 1 atom stereocenters. The number of methoxy groups -OCH3 is 1. The number of ether oxygens (including phenoxy) is 1. The lowest BCUT2D eigenvalue weighted by atomic mass is 9.89. The molecule has 0 saturated carbocycles. The number of nitrogens with zero attached hydrogens (tertiary/aromatic N) is 1. The van der Waals surface area contributed by atoms with Gasteiger partial charge < -0.3 is 9.64 Å². The van der Waals surface area contributed by atoms with Crippen molar-refractivity contribution >= 4 is 5.78 Å². The van der Waals surface area contributed by atoms with Crippen LogP contribution in [0.3, 0.4) is 0 Å². The number of carbonyl (C=O) groups is 1. The molecule has 104 valence electrons. The number of hydrogen-bond acceptors (Lipinski definition) is 3. The Labute approximate surface area is 115 Å². The second-order valence-corrected chi connectivity index (χ2v) is 5.61. The van der Waals surface area contributed by atoms with Crippen molar-refractivity contribution in [1.82, 2.24) is 4.90 Å². The molecule has 3 heteroatoms. The van der Waals surface area contributed by atoms with Crippen LogP contribution in [0.4, 0.5) is 0 Å². The van der Waals surface area contributed by atoms with Crippen LogP contribution in [0, 0.1) is 19.8 Å². The van der Waals surface area contributed by atoms with Gasteiger partial charge in [-0.1, -0.05) is 0 Å². The van der Waals surface area contributed by atoms with E-state index in [1.165, 1.54) is 0 Å². The van der Waals surface area contributed by atoms with E-state index in [4.69, 9.17) is 4.74 Å². The molecule has 1 unspecified atom stereocenters. The highest BCUT2D eigenvalue weighted by atomic mass is 16.5. The molecule has 1 fully saturated rings. The molecule has 1 aromatic carbocycles. The molecule has 1 saturated heterocycles. The van der Waals surface area contributed by atoms with E-state index in [9.17, 15) is 4.79 Å². The van der Waals surface area contributed by atoms with Crippen LogP contribution in [-0.4, -0.2) is 37.9 Å². The Balaban J connectivity index is 2.24. The van der Waals surface area contributed by atoms with Crippen LogP contribution in [0.15, 0.2) is 12.1 Å². The zero-order valence-corrected chi connectivity index (χ0v) is 12.3. The van der Waals surface area contributed by atoms with Gasteiger partial charge in [-0.2, -0.15) is 0 Å². The van der Waals surface area contributed by atoms with Crippen molar-refractivity contribution < 1.29 is 9.53 Å². The molecule has 0 bridgehead atoms. The van der Waals surface area contributed by atoms with E-state index in [1.807, 2.05) is 26.0 Å². The van der Waals surface area contributed by atoms with Gasteiger partial charge in [0, 0.05) is 18.0 Å². The first-order valence-corrected chi connectivity index (χ1v) is 6.91. The Hall–Kier alpha value is -1.35. The Kier molecular flexibility index (Phi) is 4.25. The Morgan fingerprint density at radius 2 is 1.95 bits per heavy atom. The minimum Gasteiger partial charge on any atom is -0.496 e. The van der Waals surface area contributed by atoms with Crippen molar-refractivity contribution in [3.8, 4) is 5.75 Å². The van der Waals surface area contributed by atoms with Crippen molar-refractivity contribution in [3.63, 3.8) is 0 Å². The molecule has 2 rings (SSSR count). The van der Waals surface area contributed by atoms with Gasteiger partial charge in [0.15, 0.2) is 5.78 Å². The smallest absolute Gasteiger partial charge is 0.167 e. The number of ketones is 1. The molecule has 1 aliphatic heterocycles. The van der Waals surface area contributed by atoms with Crippen LogP contribution in [0.5, 0.6) is 5.75 Å². The van der Waals surface area contributed by atoms with Crippen molar-refractivity contribution in [2.24, 2.45) is 5.92 Å². The lowest BCUT2D eigenvalue weighted by Gasteiger charge is -2.28. The Morgan fingerprint density at radius 3 is 2.47 bits per heavy atom. The van der Waals surface area contributed by atoms with Gasteiger partial charge in [-0.25, -0.2) is 0 Å². The van der Waals surface area contributed by atoms with Gasteiger partial charge in [0.1, 0.15) is 5.75 Å². The second-order valence-electron chi connectivity index (χ2n) is 5.61. The van der Waals surface area contributed by atoms with E-state index in [2.05, 4.69) is 11.9 Å². The summed E-state index contributed by atoms with van der Waals surface area (Å²) in [5.74, 6) is 1.31. The van der Waals surface area contributed by atoms with E-state index < -0.39 is 0 Å². The summed E-state index contributed by atoms with van der Waals surface area (Å²) in [6, 6.07) is 3.92. The number of Topliss-reactive ketones (excluding diaryl/α,β-unsaturated/α-hetero) is 1. The lowest BCUT2D eigenvalue weighted by molar-refractivity contribution is 0.0843. The van der Waals surface area contributed by atoms with Crippen molar-refractivity contribution in [2.75, 3.05) is 27.2 Å². The van der Waals surface area contributed by atoms with Gasteiger partial charge in [-0.3, -0.25) is 4.79 Å². The minimum atomic E-state index is 0.144. The summed E-state index contributed by atoms with van der Waals surface area (Å²) >= 11 is 0. The Bertz CT molecular complexity index is 459. The number of rotatable bonds is 3. The summed E-state index contributed by atoms with van der Waals surface area (Å²) < 4.78 is 5.35. The predicted octanol–water partition coefficient (Wildman–Crippen LogP) is 2.84. The number of piperidine rings is 1. The molecule has 3 nitrogen and oxygen atoms in total. The van der Waals surface area contributed by atoms with Gasteiger partial charge >= 0.3 is 0 Å². The van der Waals surface area contributed by atoms with Crippen molar-refractivity contribution in [3.05, 3.63) is 28.8 Å². The van der Waals surface area contributed by atoms with Crippen molar-refractivity contribution in [1.29, 1.82) is 0 Å². The Morgan fingerprint density at radius 1 is 1.32 bits per heavy atom. The average Bonchev–Trinajstić information content (AvgIpc) is 2.37. The van der Waals surface area contributed by atoms with Crippen LogP contribution in [-0.2, 0) is 0 Å². The number of carbonyl (C=O) groups excluding carboxylic acids is 1. The fourth-order valence-corrected chi connectivity index (χ4v) is 3.03. The topological polar surface area (TPSA) is 29.5 Å². The van der Waals surface area contributed by atoms with E-state index in [0.29, 0.717) is 0 Å². The highest BCUT2D eigenvalue weighted by molar-refractivity contribution is 5.98. The number of hydrogen-bond donors (Lipinski definition) is 0. The molecule has 19 heavy (non-hydrogen) atoms. The SMILES string of the molecule is COc1c(C)cc(C(=O)C2CCCN(C)C2)cc1C. The monoisotopic (exact) mass is 261 g/mol. The number of likely N-dealkylation sites (tertiary alicyclic amines) is 1. The lowest BCUT2D eigenvalue weighted by Crippen LogP contribution is -2.36. The molecular formula is C16H23NO2. The maximum absolute atomic E-state index is 12.6. The standard InChI is InChI=1S/C16H23NO2/c1-11-8-14(9-12(2)16(11)19-4)15(18)13-6-5-7-17(3)10-13/h8-9,13H,5-7,10H2,1-4H3. The number of benzene rings is 1. The summed E-state index contributed by atoms with van der Waals surface area (Å²) in [5, 5.41) is 0. The van der Waals surface area contributed by atoms with E-state index >= 15 is 0 Å². The first-order valence-electron chi connectivity index (χ1n) is 6.91. The summed E-state index contributed by atoms with van der Waals surface area (Å²) in [4.78, 5) is 14.8. The molecule has 0 aliphatic carbocycles. The molecule has 1 aromatic rings. The third kappa shape index (κ3) is 2.98. The molecule has 0 N–H and O–H groups in total. The third-order valence-corrected chi connectivity index (χ3v) is 3.94. The largest absolute Gasteiger partial charge is 0.496 e. The van der Waals surface area contributed by atoms with E-state index in [-0.39, 0.29) is 11.7 Å². The normalized spacial score (nSPS) is 20.3. The number of aryl methyl sites for hydroxylation is 2. The van der Waals surface area contributed by atoms with Gasteiger partial charge in [0.25, 0.3) is 0 Å². The van der Waals surface area contributed by atoms with Crippen LogP contribution >= 0.6 is 0 Å². The quantitative estimate of drug-likeness (QED) is 0.784. The first kappa shape index (κ1) is 14.1. The van der Waals surface area contributed by atoms with Gasteiger partial charge in [0.05, 0.1) is 7.11 Å². The maximum Gasteiger partial charge on any atom is 0.167 e. The van der Waals surface area contributed by atoms with Gasteiger partial charge in [-0.15, -0.1) is 0 Å². The van der Waals surface area contributed by atoms with Crippen LogP contribution in [0.2, 0.25) is 0 Å². The molecule has 0 aromatic heterocycles. The average molecular weight is 261 g/mol. The van der Waals surface area contributed by atoms with Crippen LogP contribution < -0.4 is 4.74 Å². The zero-order chi connectivity index (χ0) is 14.0. The third-order valence-electron chi connectivity index (χ3n) is 3.94. The molecule has 1 aliphatic rings. The van der Waals surface area contributed by atoms with Crippen LogP contribution in [0.25, 0.3) is 0 Å². The highest BCUT2D eigenvalue weighted by Gasteiger charge is 2.25. The zero-order valence-electron chi connectivity index (χ0n) is 12.3. The predicted molar refractivity (Wildman–Crippen MR) is 77.0 cm³/mol. The molecule has 1 heterocycles. The fraction of sp³-hybridized carbons (Fsp3) is 0.562. The fourth-order valence-electron chi connectivity index (χ4n) is 3.03. The molecular weight excluding hydrogens is 238 g/mol. The van der Waals surface area contributed by atoms with Gasteiger partial charge in [-0.05, 0) is 63.5 Å². The second kappa shape index (κ2) is 5.74. The van der Waals surface area contributed by atoms with E-state index in [1.54, 1.807) is 7.11 Å². The minimum absolute atomic E-state index is 0.144. The van der Waals surface area contributed by atoms with Crippen molar-refractivity contribution in [2.45, 2.75) is 26.7 Å². The van der Waals surface area contributed by atoms with Gasteiger partial charge in [0.2, 0.25) is 0 Å². The molecule has 0 spiro atoms. The first-order chi connectivity index (χ1) is 9.02. The summed E-state index contributed by atoms with van der Waals surface area (Å²) in [5.41, 5.74) is 2.90. The van der Waals surface area contributed by atoms with Crippen LogP contribution in [0.1, 0.15) is 34.3 Å².